The van der Waals surface area contributed by atoms with Crippen LogP contribution in [0.1, 0.15) is 25.1 Å². The fraction of sp³-hybridized carbons (Fsp3) is 0.778. The van der Waals surface area contributed by atoms with E-state index in [2.05, 4.69) is 30.7 Å². The summed E-state index contributed by atoms with van der Waals surface area (Å²) in [6.07, 6.45) is 3.09. The maximum absolute atomic E-state index is 10.4. The number of aliphatic hydroxyl groups is 1. The molecule has 3 fully saturated rings. The predicted molar refractivity (Wildman–Crippen MR) is 97.3 cm³/mol. The van der Waals surface area contributed by atoms with Crippen LogP contribution in [0.25, 0.3) is 0 Å². The Labute approximate surface area is 149 Å². The van der Waals surface area contributed by atoms with Crippen molar-refractivity contribution in [2.24, 2.45) is 0 Å². The molecule has 0 unspecified atom stereocenters. The third-order valence-electron chi connectivity index (χ3n) is 5.64. The molecule has 25 heavy (non-hydrogen) atoms. The molecule has 0 aromatic carbocycles. The Hall–Kier alpha value is -1.44. The monoisotopic (exact) mass is 347 g/mol. The quantitative estimate of drug-likeness (QED) is 0.858. The van der Waals surface area contributed by atoms with Gasteiger partial charge in [0.2, 0.25) is 0 Å². The number of β-amino-alcohol motifs (C(OH)–C–C–N with tert-alkyl or cyclic N) is 1. The maximum Gasteiger partial charge on any atom is 0.134 e. The number of morpholine rings is 1. The lowest BCUT2D eigenvalue weighted by Gasteiger charge is -2.43. The SMILES string of the molecule is Cc1nc(N2CCOCC2)cc(N2CCN(CC3(O)CCC3)CC2)n1. The minimum atomic E-state index is -0.419. The average molecular weight is 347 g/mol. The third-order valence-corrected chi connectivity index (χ3v) is 5.64. The molecule has 2 aliphatic heterocycles. The summed E-state index contributed by atoms with van der Waals surface area (Å²) in [4.78, 5) is 16.3. The van der Waals surface area contributed by atoms with Crippen molar-refractivity contribution in [3.05, 3.63) is 11.9 Å². The Kier molecular flexibility index (Phi) is 4.80. The molecule has 1 saturated carbocycles. The van der Waals surface area contributed by atoms with Crippen LogP contribution in [-0.4, -0.2) is 84.6 Å². The van der Waals surface area contributed by atoms with Crippen LogP contribution in [0.4, 0.5) is 11.6 Å². The zero-order valence-corrected chi connectivity index (χ0v) is 15.2. The number of rotatable bonds is 4. The largest absolute Gasteiger partial charge is 0.389 e. The molecule has 0 spiro atoms. The fourth-order valence-electron chi connectivity index (χ4n) is 3.95. The summed E-state index contributed by atoms with van der Waals surface area (Å²) < 4.78 is 5.44. The third kappa shape index (κ3) is 3.88. The number of aryl methyl sites for hydroxylation is 1. The molecule has 1 aromatic heterocycles. The van der Waals surface area contributed by atoms with E-state index in [1.165, 1.54) is 6.42 Å². The molecule has 0 bridgehead atoms. The van der Waals surface area contributed by atoms with Crippen molar-refractivity contribution in [1.82, 2.24) is 14.9 Å². The number of ether oxygens (including phenoxy) is 1. The number of piperazine rings is 1. The zero-order valence-electron chi connectivity index (χ0n) is 15.2. The lowest BCUT2D eigenvalue weighted by atomic mass is 9.80. The maximum atomic E-state index is 10.4. The van der Waals surface area contributed by atoms with Crippen LogP contribution in [0.5, 0.6) is 0 Å². The highest BCUT2D eigenvalue weighted by Gasteiger charge is 2.36. The highest BCUT2D eigenvalue weighted by atomic mass is 16.5. The molecule has 1 aliphatic carbocycles. The van der Waals surface area contributed by atoms with Crippen molar-refractivity contribution in [3.8, 4) is 0 Å². The van der Waals surface area contributed by atoms with Crippen LogP contribution in [0.15, 0.2) is 6.07 Å². The van der Waals surface area contributed by atoms with Crippen LogP contribution in [-0.2, 0) is 4.74 Å². The number of aromatic nitrogens is 2. The normalized spacial score (nSPS) is 24.2. The Morgan fingerprint density at radius 3 is 2.16 bits per heavy atom. The minimum absolute atomic E-state index is 0.419. The zero-order chi connectivity index (χ0) is 17.3. The number of anilines is 2. The molecule has 2 saturated heterocycles. The Morgan fingerprint density at radius 2 is 1.60 bits per heavy atom. The van der Waals surface area contributed by atoms with Gasteiger partial charge in [0, 0.05) is 51.9 Å². The molecule has 7 nitrogen and oxygen atoms in total. The second-order valence-corrected chi connectivity index (χ2v) is 7.57. The summed E-state index contributed by atoms with van der Waals surface area (Å²) in [5, 5.41) is 10.4. The van der Waals surface area contributed by atoms with Gasteiger partial charge in [-0.1, -0.05) is 0 Å². The van der Waals surface area contributed by atoms with Gasteiger partial charge in [0.05, 0.1) is 18.8 Å². The molecule has 3 heterocycles. The second-order valence-electron chi connectivity index (χ2n) is 7.57. The van der Waals surface area contributed by atoms with E-state index in [1.54, 1.807) is 0 Å². The first-order chi connectivity index (χ1) is 12.1. The smallest absolute Gasteiger partial charge is 0.134 e. The van der Waals surface area contributed by atoms with Gasteiger partial charge < -0.3 is 19.6 Å². The second kappa shape index (κ2) is 7.05. The first-order valence-corrected chi connectivity index (χ1v) is 9.49. The van der Waals surface area contributed by atoms with E-state index in [4.69, 9.17) is 4.74 Å². The standard InChI is InChI=1S/C18H29N5O2/c1-15-19-16(13-17(20-15)23-9-11-25-12-10-23)22-7-5-21(6-8-22)14-18(24)3-2-4-18/h13,24H,2-12,14H2,1H3. The minimum Gasteiger partial charge on any atom is -0.389 e. The first-order valence-electron chi connectivity index (χ1n) is 9.49. The molecule has 0 radical (unpaired) electrons. The van der Waals surface area contributed by atoms with Crippen LogP contribution < -0.4 is 9.80 Å². The summed E-state index contributed by atoms with van der Waals surface area (Å²) in [5.41, 5.74) is -0.419. The highest BCUT2D eigenvalue weighted by molar-refractivity contribution is 5.51. The Balaban J connectivity index is 1.39. The van der Waals surface area contributed by atoms with Crippen molar-refractivity contribution in [2.75, 3.05) is 68.8 Å². The molecule has 0 atom stereocenters. The van der Waals surface area contributed by atoms with E-state index < -0.39 is 5.60 Å². The molecule has 4 rings (SSSR count). The Bertz CT molecular complexity index is 593. The van der Waals surface area contributed by atoms with Gasteiger partial charge in [-0.2, -0.15) is 0 Å². The van der Waals surface area contributed by atoms with Gasteiger partial charge in [0.15, 0.2) is 0 Å². The fourth-order valence-corrected chi connectivity index (χ4v) is 3.95. The summed E-state index contributed by atoms with van der Waals surface area (Å²) >= 11 is 0. The van der Waals surface area contributed by atoms with Gasteiger partial charge in [-0.25, -0.2) is 9.97 Å². The topological polar surface area (TPSA) is 65.0 Å². The van der Waals surface area contributed by atoms with Gasteiger partial charge in [-0.05, 0) is 26.2 Å². The summed E-state index contributed by atoms with van der Waals surface area (Å²) in [5.74, 6) is 2.86. The van der Waals surface area contributed by atoms with Crippen molar-refractivity contribution < 1.29 is 9.84 Å². The van der Waals surface area contributed by atoms with Crippen LogP contribution in [0.2, 0.25) is 0 Å². The van der Waals surface area contributed by atoms with Gasteiger partial charge in [-0.3, -0.25) is 4.90 Å². The van der Waals surface area contributed by atoms with E-state index in [-0.39, 0.29) is 0 Å². The molecular formula is C18H29N5O2. The van der Waals surface area contributed by atoms with Gasteiger partial charge in [-0.15, -0.1) is 0 Å². The van der Waals surface area contributed by atoms with E-state index in [1.807, 2.05) is 6.92 Å². The Morgan fingerprint density at radius 1 is 1.00 bits per heavy atom. The van der Waals surface area contributed by atoms with Gasteiger partial charge in [0.1, 0.15) is 17.5 Å². The molecule has 1 aromatic rings. The lowest BCUT2D eigenvalue weighted by Crippen LogP contribution is -2.54. The summed E-state index contributed by atoms with van der Waals surface area (Å²) in [7, 11) is 0. The van der Waals surface area contributed by atoms with Crippen molar-refractivity contribution in [3.63, 3.8) is 0 Å². The summed E-state index contributed by atoms with van der Waals surface area (Å²) in [6, 6.07) is 2.12. The molecule has 3 aliphatic rings. The molecule has 7 heteroatoms. The van der Waals surface area contributed by atoms with Gasteiger partial charge >= 0.3 is 0 Å². The molecule has 138 valence electrons. The number of hydrogen-bond acceptors (Lipinski definition) is 7. The number of nitrogens with zero attached hydrogens (tertiary/aromatic N) is 5. The molecular weight excluding hydrogens is 318 g/mol. The molecule has 0 amide bonds. The highest BCUT2D eigenvalue weighted by Crippen LogP contribution is 2.32. The van der Waals surface area contributed by atoms with Crippen LogP contribution in [0.3, 0.4) is 0 Å². The summed E-state index contributed by atoms with van der Waals surface area (Å²) in [6.45, 7) is 9.98. The van der Waals surface area contributed by atoms with Crippen molar-refractivity contribution >= 4 is 11.6 Å². The van der Waals surface area contributed by atoms with Crippen molar-refractivity contribution in [2.45, 2.75) is 31.8 Å². The predicted octanol–water partition coefficient (Wildman–Crippen LogP) is 0.659. The van der Waals surface area contributed by atoms with Crippen molar-refractivity contribution in [1.29, 1.82) is 0 Å². The van der Waals surface area contributed by atoms with Gasteiger partial charge in [0.25, 0.3) is 0 Å². The van der Waals surface area contributed by atoms with E-state index >= 15 is 0 Å². The van der Waals surface area contributed by atoms with E-state index in [0.29, 0.717) is 0 Å². The lowest BCUT2D eigenvalue weighted by molar-refractivity contribution is -0.0594. The molecule has 1 N–H and O–H groups in total. The first kappa shape index (κ1) is 17.0. The number of hydrogen-bond donors (Lipinski definition) is 1. The van der Waals surface area contributed by atoms with Crippen LogP contribution in [0, 0.1) is 6.92 Å². The van der Waals surface area contributed by atoms with E-state index in [0.717, 1.165) is 89.3 Å². The average Bonchev–Trinajstić information content (AvgIpc) is 2.61. The van der Waals surface area contributed by atoms with E-state index in [9.17, 15) is 5.11 Å². The van der Waals surface area contributed by atoms with Crippen LogP contribution >= 0.6 is 0 Å².